The van der Waals surface area contributed by atoms with Crippen molar-refractivity contribution in [1.29, 1.82) is 0 Å². The van der Waals surface area contributed by atoms with Gasteiger partial charge in [-0.25, -0.2) is 0 Å². The van der Waals surface area contributed by atoms with Gasteiger partial charge in [0.15, 0.2) is 0 Å². The van der Waals surface area contributed by atoms with E-state index in [-0.39, 0.29) is 0 Å². The van der Waals surface area contributed by atoms with Crippen LogP contribution in [0.15, 0.2) is 233 Å². The van der Waals surface area contributed by atoms with Gasteiger partial charge in [-0.2, -0.15) is 0 Å². The number of hydrogen-bond acceptors (Lipinski definition) is 3. The number of fused-ring (bicyclic) bond motifs is 11. The zero-order valence-electron chi connectivity index (χ0n) is 33.6. The van der Waals surface area contributed by atoms with Crippen LogP contribution >= 0.6 is 0 Å². The van der Waals surface area contributed by atoms with E-state index in [1.807, 2.05) is 0 Å². The molecule has 2 aromatic heterocycles. The summed E-state index contributed by atoms with van der Waals surface area (Å²) in [5.41, 5.74) is 15.8. The second-order valence-corrected chi connectivity index (χ2v) is 16.3. The normalized spacial score (nSPS) is 13.0. The van der Waals surface area contributed by atoms with Gasteiger partial charge in [0.25, 0.3) is 0 Å². The summed E-state index contributed by atoms with van der Waals surface area (Å²) >= 11 is 0. The predicted molar refractivity (Wildman–Crippen MR) is 256 cm³/mol. The van der Waals surface area contributed by atoms with E-state index < -0.39 is 5.41 Å². The molecule has 0 bridgehead atoms. The van der Waals surface area contributed by atoms with Gasteiger partial charge in [0.05, 0.1) is 16.5 Å². The number of rotatable bonds is 6. The summed E-state index contributed by atoms with van der Waals surface area (Å²) < 4.78 is 13.4. The lowest BCUT2D eigenvalue weighted by atomic mass is 9.67. The maximum atomic E-state index is 6.82. The monoisotopic (exact) mass is 791 g/mol. The Morgan fingerprint density at radius 1 is 0.355 bits per heavy atom. The van der Waals surface area contributed by atoms with Crippen molar-refractivity contribution in [2.75, 3.05) is 4.90 Å². The van der Waals surface area contributed by atoms with Crippen molar-refractivity contribution >= 4 is 71.7 Å². The first-order valence-corrected chi connectivity index (χ1v) is 21.2. The number of anilines is 3. The number of hydrogen-bond donors (Lipinski definition) is 0. The van der Waals surface area contributed by atoms with E-state index in [0.29, 0.717) is 0 Å². The predicted octanol–water partition coefficient (Wildman–Crippen LogP) is 16.1. The molecule has 3 heteroatoms. The molecule has 2 heterocycles. The van der Waals surface area contributed by atoms with Crippen molar-refractivity contribution in [3.05, 3.63) is 247 Å². The molecule has 0 N–H and O–H groups in total. The molecule has 1 aliphatic carbocycles. The summed E-state index contributed by atoms with van der Waals surface area (Å²) in [6.45, 7) is 0. The number of nitrogens with zero attached hydrogens (tertiary/aromatic N) is 1. The minimum Gasteiger partial charge on any atom is -0.456 e. The van der Waals surface area contributed by atoms with Crippen LogP contribution in [0.25, 0.3) is 76.9 Å². The summed E-state index contributed by atoms with van der Waals surface area (Å²) in [5, 5.41) is 6.56. The maximum absolute atomic E-state index is 6.82. The van der Waals surface area contributed by atoms with Gasteiger partial charge < -0.3 is 13.7 Å². The van der Waals surface area contributed by atoms with Crippen molar-refractivity contribution in [2.45, 2.75) is 5.41 Å². The van der Waals surface area contributed by atoms with Gasteiger partial charge in [-0.15, -0.1) is 0 Å². The second kappa shape index (κ2) is 13.4. The Bertz CT molecular complexity index is 3660. The van der Waals surface area contributed by atoms with Crippen molar-refractivity contribution in [1.82, 2.24) is 0 Å². The molecule has 13 rings (SSSR count). The van der Waals surface area contributed by atoms with E-state index in [9.17, 15) is 0 Å². The average Bonchev–Trinajstić information content (AvgIpc) is 4.01. The summed E-state index contributed by atoms with van der Waals surface area (Å²) in [4.78, 5) is 2.42. The Morgan fingerprint density at radius 3 is 1.79 bits per heavy atom. The quantitative estimate of drug-likeness (QED) is 0.168. The first kappa shape index (κ1) is 34.7. The minimum absolute atomic E-state index is 0.557. The topological polar surface area (TPSA) is 29.5 Å². The van der Waals surface area contributed by atoms with Crippen LogP contribution in [0, 0.1) is 0 Å². The van der Waals surface area contributed by atoms with Crippen molar-refractivity contribution in [2.24, 2.45) is 0 Å². The highest BCUT2D eigenvalue weighted by atomic mass is 16.3. The van der Waals surface area contributed by atoms with Crippen LogP contribution in [0.1, 0.15) is 22.3 Å². The molecule has 12 aromatic rings. The van der Waals surface area contributed by atoms with Gasteiger partial charge >= 0.3 is 0 Å². The second-order valence-electron chi connectivity index (χ2n) is 16.3. The van der Waals surface area contributed by atoms with Crippen molar-refractivity contribution < 1.29 is 8.83 Å². The van der Waals surface area contributed by atoms with Gasteiger partial charge in [0.1, 0.15) is 22.3 Å². The van der Waals surface area contributed by atoms with Gasteiger partial charge in [0.2, 0.25) is 0 Å². The molecule has 0 amide bonds. The van der Waals surface area contributed by atoms with E-state index in [2.05, 4.69) is 229 Å². The Hall–Kier alpha value is -8.14. The first-order chi connectivity index (χ1) is 30.8. The standard InChI is InChI=1S/C59H37NO2/c1-3-16-38(17-4-1)44-26-14-30-54-56(44)49-37-43(33-35-53(49)61-54)60(52-29-15-31-55-57(52)48-34-32-39-18-7-8-23-45(39)58(48)62-55)42-22-13-21-41(36-42)59(40-19-5-2-6-20-40)50-27-11-9-24-46(50)47-25-10-12-28-51(47)59/h1-37H. The lowest BCUT2D eigenvalue weighted by Crippen LogP contribution is -2.28. The molecule has 290 valence electrons. The summed E-state index contributed by atoms with van der Waals surface area (Å²) in [7, 11) is 0. The van der Waals surface area contributed by atoms with Crippen LogP contribution in [0.4, 0.5) is 17.1 Å². The van der Waals surface area contributed by atoms with Crippen molar-refractivity contribution in [3.8, 4) is 22.3 Å². The minimum atomic E-state index is -0.557. The fraction of sp³-hybridized carbons (Fsp3) is 0.0169. The Labute approximate surface area is 358 Å². The fourth-order valence-electron chi connectivity index (χ4n) is 10.6. The Balaban J connectivity index is 1.11. The summed E-state index contributed by atoms with van der Waals surface area (Å²) in [6.07, 6.45) is 0. The highest BCUT2D eigenvalue weighted by molar-refractivity contribution is 6.20. The first-order valence-electron chi connectivity index (χ1n) is 21.2. The number of furan rings is 2. The average molecular weight is 792 g/mol. The molecule has 0 aliphatic heterocycles. The molecule has 0 radical (unpaired) electrons. The molecule has 0 unspecified atom stereocenters. The molecule has 0 fully saturated rings. The fourth-order valence-corrected chi connectivity index (χ4v) is 10.6. The van der Waals surface area contributed by atoms with Gasteiger partial charge in [-0.1, -0.05) is 170 Å². The molecular weight excluding hydrogens is 755 g/mol. The lowest BCUT2D eigenvalue weighted by molar-refractivity contribution is 0.669. The van der Waals surface area contributed by atoms with Crippen LogP contribution in [0.5, 0.6) is 0 Å². The lowest BCUT2D eigenvalue weighted by Gasteiger charge is -2.35. The maximum Gasteiger partial charge on any atom is 0.143 e. The van der Waals surface area contributed by atoms with E-state index in [0.717, 1.165) is 82.8 Å². The van der Waals surface area contributed by atoms with Crippen LogP contribution in [0.3, 0.4) is 0 Å². The van der Waals surface area contributed by atoms with Crippen LogP contribution in [-0.2, 0) is 5.41 Å². The van der Waals surface area contributed by atoms with Crippen molar-refractivity contribution in [3.63, 3.8) is 0 Å². The molecule has 1 aliphatic rings. The summed E-state index contributed by atoms with van der Waals surface area (Å²) in [5.74, 6) is 0. The molecule has 0 spiro atoms. The van der Waals surface area contributed by atoms with Crippen LogP contribution in [0.2, 0.25) is 0 Å². The molecular formula is C59H37NO2. The van der Waals surface area contributed by atoms with E-state index in [1.54, 1.807) is 0 Å². The molecule has 0 atom stereocenters. The Morgan fingerprint density at radius 2 is 0.984 bits per heavy atom. The highest BCUT2D eigenvalue weighted by Crippen LogP contribution is 2.57. The molecule has 0 saturated carbocycles. The third-order valence-corrected chi connectivity index (χ3v) is 13.1. The SMILES string of the molecule is c1ccc(-c2cccc3oc4ccc(N(c5cccc(C6(c7ccccc7)c7ccccc7-c7ccccc76)c5)c5cccc6oc7c8ccccc8ccc7c56)cc4c23)cc1. The zero-order valence-corrected chi connectivity index (χ0v) is 33.6. The largest absolute Gasteiger partial charge is 0.456 e. The van der Waals surface area contributed by atoms with Crippen LogP contribution in [-0.4, -0.2) is 0 Å². The van der Waals surface area contributed by atoms with Gasteiger partial charge in [0, 0.05) is 32.9 Å². The number of benzene rings is 10. The molecule has 0 saturated heterocycles. The molecule has 3 nitrogen and oxygen atoms in total. The van der Waals surface area contributed by atoms with Gasteiger partial charge in [-0.3, -0.25) is 0 Å². The smallest absolute Gasteiger partial charge is 0.143 e. The molecule has 10 aromatic carbocycles. The van der Waals surface area contributed by atoms with E-state index >= 15 is 0 Å². The van der Waals surface area contributed by atoms with E-state index in [4.69, 9.17) is 8.83 Å². The van der Waals surface area contributed by atoms with Crippen LogP contribution < -0.4 is 4.90 Å². The Kier molecular flexibility index (Phi) is 7.52. The highest BCUT2D eigenvalue weighted by Gasteiger charge is 2.46. The van der Waals surface area contributed by atoms with E-state index in [1.165, 1.54) is 33.4 Å². The molecule has 62 heavy (non-hydrogen) atoms. The summed E-state index contributed by atoms with van der Waals surface area (Å²) in [6, 6.07) is 81.0. The van der Waals surface area contributed by atoms with Gasteiger partial charge in [-0.05, 0) is 104 Å². The third-order valence-electron chi connectivity index (χ3n) is 13.1. The zero-order chi connectivity index (χ0) is 40.8. The third kappa shape index (κ3) is 4.94.